The van der Waals surface area contributed by atoms with Crippen LogP contribution in [0.3, 0.4) is 0 Å². The fraction of sp³-hybridized carbons (Fsp3) is 0.182. The van der Waals surface area contributed by atoms with Crippen LogP contribution in [-0.4, -0.2) is 6.29 Å². The summed E-state index contributed by atoms with van der Waals surface area (Å²) < 4.78 is 14.4. The second-order valence-corrected chi connectivity index (χ2v) is 4.02. The minimum atomic E-state index is -0.289. The Morgan fingerprint density at radius 2 is 2.29 bits per heavy atom. The summed E-state index contributed by atoms with van der Waals surface area (Å²) in [5.41, 5.74) is 1.42. The van der Waals surface area contributed by atoms with E-state index in [1.807, 2.05) is 13.0 Å². The van der Waals surface area contributed by atoms with Gasteiger partial charge in [0.15, 0.2) is 6.29 Å². The van der Waals surface area contributed by atoms with Gasteiger partial charge in [0, 0.05) is 21.0 Å². The van der Waals surface area contributed by atoms with E-state index in [9.17, 15) is 9.18 Å². The van der Waals surface area contributed by atoms with Gasteiger partial charge < -0.3 is 0 Å². The van der Waals surface area contributed by atoms with Crippen LogP contribution < -0.4 is 0 Å². The molecule has 0 atom stereocenters. The smallest absolute Gasteiger partial charge is 0.151 e. The van der Waals surface area contributed by atoms with E-state index in [4.69, 9.17) is 0 Å². The van der Waals surface area contributed by atoms with E-state index in [1.165, 1.54) is 17.4 Å². The van der Waals surface area contributed by atoms with E-state index in [0.717, 1.165) is 16.7 Å². The molecule has 0 spiro atoms. The number of hydrogen-bond donors (Lipinski definition) is 0. The van der Waals surface area contributed by atoms with Crippen molar-refractivity contribution in [3.63, 3.8) is 0 Å². The number of thiophene rings is 1. The molecule has 0 saturated carbocycles. The molecule has 0 saturated heterocycles. The summed E-state index contributed by atoms with van der Waals surface area (Å²) in [4.78, 5) is 10.6. The van der Waals surface area contributed by atoms with Gasteiger partial charge in [-0.15, -0.1) is 11.3 Å². The number of hydrogen-bond acceptors (Lipinski definition) is 2. The third-order valence-corrected chi connectivity index (χ3v) is 3.20. The van der Waals surface area contributed by atoms with Gasteiger partial charge in [-0.3, -0.25) is 4.79 Å². The van der Waals surface area contributed by atoms with E-state index in [1.54, 1.807) is 5.38 Å². The molecule has 3 heteroatoms. The quantitative estimate of drug-likeness (QED) is 0.691. The molecule has 0 aliphatic carbocycles. The summed E-state index contributed by atoms with van der Waals surface area (Å²) in [6.07, 6.45) is 1.51. The Kier molecular flexibility index (Phi) is 2.33. The molecule has 0 aliphatic rings. The van der Waals surface area contributed by atoms with Gasteiger partial charge in [-0.25, -0.2) is 4.39 Å². The standard InChI is InChI=1S/C11H9FOS/c1-2-7-3-9(12)11-8(5-13)6-14-10(11)4-7/h3-6H,2H2,1H3. The first-order valence-corrected chi connectivity index (χ1v) is 5.29. The predicted molar refractivity (Wildman–Crippen MR) is 56.5 cm³/mol. The minimum Gasteiger partial charge on any atom is -0.298 e. The molecule has 1 aromatic heterocycles. The second-order valence-electron chi connectivity index (χ2n) is 3.11. The van der Waals surface area contributed by atoms with E-state index >= 15 is 0 Å². The highest BCUT2D eigenvalue weighted by atomic mass is 32.1. The number of fused-ring (bicyclic) bond motifs is 1. The highest BCUT2D eigenvalue weighted by Crippen LogP contribution is 2.28. The van der Waals surface area contributed by atoms with Crippen LogP contribution in [0, 0.1) is 5.82 Å². The number of benzene rings is 1. The van der Waals surface area contributed by atoms with Crippen molar-refractivity contribution in [2.75, 3.05) is 0 Å². The molecule has 14 heavy (non-hydrogen) atoms. The summed E-state index contributed by atoms with van der Waals surface area (Å²) in [7, 11) is 0. The third kappa shape index (κ3) is 1.34. The fourth-order valence-electron chi connectivity index (χ4n) is 1.48. The van der Waals surface area contributed by atoms with Crippen molar-refractivity contribution in [3.05, 3.63) is 34.5 Å². The Balaban J connectivity index is 2.78. The van der Waals surface area contributed by atoms with Gasteiger partial charge in [0.05, 0.1) is 0 Å². The molecule has 2 aromatic rings. The molecule has 0 bridgehead atoms. The molecule has 2 rings (SSSR count). The summed E-state index contributed by atoms with van der Waals surface area (Å²) in [6.45, 7) is 1.98. The number of aldehydes is 1. The Morgan fingerprint density at radius 1 is 1.50 bits per heavy atom. The minimum absolute atomic E-state index is 0.289. The number of carbonyl (C=O) groups excluding carboxylic acids is 1. The fourth-order valence-corrected chi connectivity index (χ4v) is 2.46. The Labute approximate surface area is 85.2 Å². The van der Waals surface area contributed by atoms with E-state index < -0.39 is 0 Å². The first-order valence-electron chi connectivity index (χ1n) is 4.41. The monoisotopic (exact) mass is 208 g/mol. The van der Waals surface area contributed by atoms with Crippen LogP contribution in [0.4, 0.5) is 4.39 Å². The largest absolute Gasteiger partial charge is 0.298 e. The summed E-state index contributed by atoms with van der Waals surface area (Å²) in [5, 5.41) is 2.16. The van der Waals surface area contributed by atoms with Crippen molar-refractivity contribution < 1.29 is 9.18 Å². The Bertz CT molecular complexity index is 487. The zero-order chi connectivity index (χ0) is 10.1. The van der Waals surface area contributed by atoms with Gasteiger partial charge >= 0.3 is 0 Å². The molecule has 0 aliphatic heterocycles. The van der Waals surface area contributed by atoms with Crippen LogP contribution in [-0.2, 0) is 6.42 Å². The first kappa shape index (κ1) is 9.34. The van der Waals surface area contributed by atoms with Gasteiger partial charge in [0.2, 0.25) is 0 Å². The SMILES string of the molecule is CCc1cc(F)c2c(C=O)csc2c1. The number of aryl methyl sites for hydroxylation is 1. The maximum Gasteiger partial charge on any atom is 0.151 e. The van der Waals surface area contributed by atoms with Crippen molar-refractivity contribution in [2.24, 2.45) is 0 Å². The molecule has 1 aromatic carbocycles. The molecule has 0 amide bonds. The number of rotatable bonds is 2. The van der Waals surface area contributed by atoms with Gasteiger partial charge in [0.25, 0.3) is 0 Å². The molecule has 0 radical (unpaired) electrons. The van der Waals surface area contributed by atoms with E-state index in [2.05, 4.69) is 0 Å². The molecule has 1 heterocycles. The lowest BCUT2D eigenvalue weighted by molar-refractivity contribution is 0.112. The van der Waals surface area contributed by atoms with Crippen LogP contribution in [0.2, 0.25) is 0 Å². The molecular formula is C11H9FOS. The lowest BCUT2D eigenvalue weighted by Crippen LogP contribution is -1.85. The molecular weight excluding hydrogens is 199 g/mol. The zero-order valence-electron chi connectivity index (χ0n) is 7.71. The Hall–Kier alpha value is -1.22. The molecule has 72 valence electrons. The summed E-state index contributed by atoms with van der Waals surface area (Å²) in [5.74, 6) is -0.289. The Morgan fingerprint density at radius 3 is 2.93 bits per heavy atom. The average molecular weight is 208 g/mol. The predicted octanol–water partition coefficient (Wildman–Crippen LogP) is 3.42. The van der Waals surface area contributed by atoms with Crippen molar-refractivity contribution in [2.45, 2.75) is 13.3 Å². The third-order valence-electron chi connectivity index (χ3n) is 2.25. The van der Waals surface area contributed by atoms with Crippen LogP contribution in [0.1, 0.15) is 22.8 Å². The maximum atomic E-state index is 13.6. The van der Waals surface area contributed by atoms with Crippen LogP contribution in [0.25, 0.3) is 10.1 Å². The average Bonchev–Trinajstić information content (AvgIpc) is 2.61. The van der Waals surface area contributed by atoms with E-state index in [-0.39, 0.29) is 5.82 Å². The van der Waals surface area contributed by atoms with Gasteiger partial charge in [-0.2, -0.15) is 0 Å². The topological polar surface area (TPSA) is 17.1 Å². The molecule has 0 fully saturated rings. The normalized spacial score (nSPS) is 10.7. The highest BCUT2D eigenvalue weighted by Gasteiger charge is 2.09. The highest BCUT2D eigenvalue weighted by molar-refractivity contribution is 7.17. The lowest BCUT2D eigenvalue weighted by atomic mass is 10.1. The maximum absolute atomic E-state index is 13.6. The van der Waals surface area contributed by atoms with Crippen molar-refractivity contribution >= 4 is 27.7 Å². The van der Waals surface area contributed by atoms with Crippen LogP contribution >= 0.6 is 11.3 Å². The summed E-state index contributed by atoms with van der Waals surface area (Å²) >= 11 is 1.41. The molecule has 1 nitrogen and oxygen atoms in total. The van der Waals surface area contributed by atoms with Crippen LogP contribution in [0.15, 0.2) is 17.5 Å². The van der Waals surface area contributed by atoms with Crippen molar-refractivity contribution in [1.29, 1.82) is 0 Å². The second kappa shape index (κ2) is 3.50. The van der Waals surface area contributed by atoms with E-state index in [0.29, 0.717) is 17.2 Å². The summed E-state index contributed by atoms with van der Waals surface area (Å²) in [6, 6.07) is 3.44. The van der Waals surface area contributed by atoms with Crippen LogP contribution in [0.5, 0.6) is 0 Å². The number of halogens is 1. The van der Waals surface area contributed by atoms with Crippen molar-refractivity contribution in [3.8, 4) is 0 Å². The lowest BCUT2D eigenvalue weighted by Gasteiger charge is -1.98. The van der Waals surface area contributed by atoms with Gasteiger partial charge in [0.1, 0.15) is 5.82 Å². The number of carbonyl (C=O) groups is 1. The molecule has 0 N–H and O–H groups in total. The van der Waals surface area contributed by atoms with Gasteiger partial charge in [-0.05, 0) is 24.1 Å². The zero-order valence-corrected chi connectivity index (χ0v) is 8.53. The van der Waals surface area contributed by atoms with Gasteiger partial charge in [-0.1, -0.05) is 6.92 Å². The molecule has 0 unspecified atom stereocenters. The first-order chi connectivity index (χ1) is 6.76. The van der Waals surface area contributed by atoms with Crippen molar-refractivity contribution in [1.82, 2.24) is 0 Å².